The Kier molecular flexibility index (Phi) is 8.35. The molecule has 6 aromatic rings. The van der Waals surface area contributed by atoms with Crippen LogP contribution in [0, 0.1) is 11.2 Å². The van der Waals surface area contributed by atoms with E-state index in [-0.39, 0.29) is 24.0 Å². The van der Waals surface area contributed by atoms with Gasteiger partial charge in [-0.2, -0.15) is 10.1 Å². The second-order valence-electron chi connectivity index (χ2n) is 14.3. The van der Waals surface area contributed by atoms with Crippen LogP contribution in [-0.4, -0.2) is 56.4 Å². The lowest BCUT2D eigenvalue weighted by Crippen LogP contribution is -2.36. The summed E-state index contributed by atoms with van der Waals surface area (Å²) >= 11 is 5.90. The molecule has 9 rings (SSSR count). The van der Waals surface area contributed by atoms with Crippen molar-refractivity contribution in [2.24, 2.45) is 5.41 Å². The minimum atomic E-state index is -0.393. The van der Waals surface area contributed by atoms with Crippen LogP contribution in [0.4, 0.5) is 15.9 Å². The number of amides is 1. The number of aryl methyl sites for hydroxylation is 1. The number of piperidine rings is 1. The third-order valence-corrected chi connectivity index (χ3v) is 11.4. The molecule has 2 atom stereocenters. The lowest BCUT2D eigenvalue weighted by molar-refractivity contribution is -0.0590. The Morgan fingerprint density at radius 1 is 1.08 bits per heavy atom. The van der Waals surface area contributed by atoms with Crippen LogP contribution in [0.5, 0.6) is 5.88 Å². The van der Waals surface area contributed by atoms with Crippen LogP contribution in [-0.2, 0) is 24.3 Å². The summed E-state index contributed by atoms with van der Waals surface area (Å²) in [5.41, 5.74) is 5.74. The highest BCUT2D eigenvalue weighted by Gasteiger charge is 2.57. The molecular formula is C40H39ClFN7O3. The number of ether oxygens (including phenoxy) is 2. The molecule has 3 aromatic carbocycles. The van der Waals surface area contributed by atoms with Crippen LogP contribution in [0.3, 0.4) is 0 Å². The predicted molar refractivity (Wildman–Crippen MR) is 199 cm³/mol. The van der Waals surface area contributed by atoms with Crippen molar-refractivity contribution in [3.05, 3.63) is 106 Å². The van der Waals surface area contributed by atoms with Crippen LogP contribution in [0.25, 0.3) is 21.9 Å². The zero-order valence-electron chi connectivity index (χ0n) is 28.9. The van der Waals surface area contributed by atoms with Crippen LogP contribution >= 0.6 is 11.6 Å². The molecule has 1 aliphatic carbocycles. The molecule has 0 bridgehead atoms. The summed E-state index contributed by atoms with van der Waals surface area (Å²) in [4.78, 5) is 25.7. The number of nitrogens with zero attached hydrogens (tertiary/aromatic N) is 5. The quantitative estimate of drug-likeness (QED) is 0.147. The van der Waals surface area contributed by atoms with Gasteiger partial charge in [-0.15, -0.1) is 0 Å². The average molecular weight is 720 g/mol. The topological polar surface area (TPSA) is 110 Å². The summed E-state index contributed by atoms with van der Waals surface area (Å²) in [5, 5.41) is 11.8. The normalized spacial score (nSPS) is 19.2. The van der Waals surface area contributed by atoms with Crippen molar-refractivity contribution in [3.8, 4) is 5.88 Å². The molecule has 10 nitrogen and oxygen atoms in total. The highest BCUT2D eigenvalue weighted by Crippen LogP contribution is 2.65. The van der Waals surface area contributed by atoms with Crippen molar-refractivity contribution in [2.75, 3.05) is 29.9 Å². The van der Waals surface area contributed by atoms with Crippen molar-refractivity contribution in [3.63, 3.8) is 0 Å². The van der Waals surface area contributed by atoms with E-state index >= 15 is 0 Å². The molecule has 1 saturated carbocycles. The Morgan fingerprint density at radius 3 is 2.73 bits per heavy atom. The zero-order chi connectivity index (χ0) is 35.4. The van der Waals surface area contributed by atoms with Gasteiger partial charge in [0.25, 0.3) is 5.91 Å². The minimum Gasteiger partial charge on any atom is -0.473 e. The molecule has 2 N–H and O–H groups in total. The van der Waals surface area contributed by atoms with E-state index in [9.17, 15) is 9.18 Å². The van der Waals surface area contributed by atoms with E-state index in [2.05, 4.69) is 38.0 Å². The maximum absolute atomic E-state index is 14.3. The van der Waals surface area contributed by atoms with E-state index in [1.54, 1.807) is 18.2 Å². The van der Waals surface area contributed by atoms with E-state index in [1.807, 2.05) is 42.5 Å². The zero-order valence-corrected chi connectivity index (χ0v) is 29.6. The smallest absolute Gasteiger partial charge is 0.255 e. The number of aromatic nitrogens is 5. The van der Waals surface area contributed by atoms with Crippen molar-refractivity contribution in [1.82, 2.24) is 24.7 Å². The second kappa shape index (κ2) is 13.2. The Labute approximate surface area is 305 Å². The number of aromatic amines is 1. The lowest BCUT2D eigenvalue weighted by atomic mass is 9.90. The summed E-state index contributed by atoms with van der Waals surface area (Å²) in [6.45, 7) is 5.48. The molecule has 0 radical (unpaired) electrons. The molecule has 12 heteroatoms. The molecule has 3 fully saturated rings. The number of nitrogens with one attached hydrogen (secondary N) is 2. The summed E-state index contributed by atoms with van der Waals surface area (Å²) in [5.74, 6) is 2.23. The molecule has 52 heavy (non-hydrogen) atoms. The highest BCUT2D eigenvalue weighted by atomic mass is 35.5. The predicted octanol–water partition coefficient (Wildman–Crippen LogP) is 8.06. The van der Waals surface area contributed by atoms with Crippen LogP contribution in [0.1, 0.15) is 66.0 Å². The van der Waals surface area contributed by atoms with Crippen molar-refractivity contribution in [2.45, 2.75) is 64.2 Å². The summed E-state index contributed by atoms with van der Waals surface area (Å²) in [6.07, 6.45) is 5.21. The van der Waals surface area contributed by atoms with Crippen molar-refractivity contribution < 1.29 is 18.7 Å². The molecule has 3 aromatic heterocycles. The number of fused-ring (bicyclic) bond motifs is 2. The summed E-state index contributed by atoms with van der Waals surface area (Å²) in [7, 11) is 0. The van der Waals surface area contributed by atoms with Gasteiger partial charge in [0.2, 0.25) is 5.88 Å². The number of rotatable bonds is 10. The van der Waals surface area contributed by atoms with E-state index in [0.29, 0.717) is 33.6 Å². The molecule has 266 valence electrons. The van der Waals surface area contributed by atoms with Gasteiger partial charge < -0.3 is 24.3 Å². The number of pyridine rings is 1. The minimum absolute atomic E-state index is 0.0765. The fraction of sp³-hybridized carbons (Fsp3) is 0.350. The molecular weight excluding hydrogens is 681 g/mol. The number of imidazole rings is 1. The number of hydrogen-bond donors (Lipinski definition) is 2. The van der Waals surface area contributed by atoms with E-state index in [1.165, 1.54) is 6.07 Å². The highest BCUT2D eigenvalue weighted by molar-refractivity contribution is 6.30. The van der Waals surface area contributed by atoms with Gasteiger partial charge >= 0.3 is 0 Å². The maximum Gasteiger partial charge on any atom is 0.255 e. The first kappa shape index (κ1) is 32.9. The molecule has 5 heterocycles. The Balaban J connectivity index is 0.898. The van der Waals surface area contributed by atoms with Gasteiger partial charge in [-0.3, -0.25) is 9.89 Å². The van der Waals surface area contributed by atoms with Crippen LogP contribution < -0.4 is 15.0 Å². The Morgan fingerprint density at radius 2 is 1.94 bits per heavy atom. The lowest BCUT2D eigenvalue weighted by Gasteiger charge is -2.34. The first-order valence-corrected chi connectivity index (χ1v) is 18.4. The van der Waals surface area contributed by atoms with Gasteiger partial charge in [0.05, 0.1) is 29.2 Å². The molecule has 2 unspecified atom stereocenters. The monoisotopic (exact) mass is 719 g/mol. The molecule has 1 spiro atoms. The van der Waals surface area contributed by atoms with Gasteiger partial charge in [0.15, 0.2) is 0 Å². The summed E-state index contributed by atoms with van der Waals surface area (Å²) < 4.78 is 28.4. The third-order valence-electron chi connectivity index (χ3n) is 11.1. The standard InChI is InChI=1S/C40H39ClFN7O3/c1-2-32-29-18-24(7-10-33(29)47-46-32)39(50)43-27-9-11-35-34(20-27)44-38(49(35)22-28-12-17-51-28)30-21-40(30)13-15-48(16-14-40)36-4-3-5-37(45-36)52-23-25-6-8-26(41)19-31(25)42/h3-11,18-20,28,30H,2,12-17,21-23H2,1H3,(H,43,50)(H,46,47). The number of anilines is 2. The second-order valence-corrected chi connectivity index (χ2v) is 14.7. The number of halogens is 2. The third kappa shape index (κ3) is 6.15. The van der Waals surface area contributed by atoms with E-state index < -0.39 is 5.82 Å². The van der Waals surface area contributed by atoms with Gasteiger partial charge in [-0.05, 0) is 92.1 Å². The number of carbonyl (C=O) groups excluding carboxylic acids is 1. The molecule has 2 saturated heterocycles. The number of benzene rings is 3. The SMILES string of the molecule is CCc1[nH]nc2ccc(C(=O)Nc3ccc4c(c3)nc(C3CC35CCN(c3cccc(OCc6ccc(Cl)cc6F)n3)CC5)n4CC3CCO3)cc12. The number of carbonyl (C=O) groups is 1. The summed E-state index contributed by atoms with van der Waals surface area (Å²) in [6, 6.07) is 21.9. The first-order valence-electron chi connectivity index (χ1n) is 18.0. The van der Waals surface area contributed by atoms with E-state index in [0.717, 1.165) is 97.6 Å². The van der Waals surface area contributed by atoms with E-state index in [4.69, 9.17) is 31.0 Å². The van der Waals surface area contributed by atoms with Gasteiger partial charge in [-0.25, -0.2) is 9.37 Å². The van der Waals surface area contributed by atoms with Gasteiger partial charge in [0.1, 0.15) is 24.1 Å². The van der Waals surface area contributed by atoms with Crippen LogP contribution in [0.2, 0.25) is 5.02 Å². The molecule has 1 amide bonds. The Bertz CT molecular complexity index is 2310. The number of H-pyrrole nitrogens is 1. The maximum atomic E-state index is 14.3. The molecule has 2 aliphatic heterocycles. The van der Waals surface area contributed by atoms with Crippen molar-refractivity contribution >= 4 is 50.9 Å². The van der Waals surface area contributed by atoms with Gasteiger partial charge in [-0.1, -0.05) is 30.7 Å². The fourth-order valence-electron chi connectivity index (χ4n) is 7.89. The average Bonchev–Trinajstić information content (AvgIpc) is 3.47. The largest absolute Gasteiger partial charge is 0.473 e. The van der Waals surface area contributed by atoms with Crippen LogP contribution in [0.15, 0.2) is 72.8 Å². The van der Waals surface area contributed by atoms with Crippen molar-refractivity contribution in [1.29, 1.82) is 0 Å². The Hall–Kier alpha value is -5.00. The van der Waals surface area contributed by atoms with Gasteiger partial charge in [0, 0.05) is 64.6 Å². The number of hydrogen-bond acceptors (Lipinski definition) is 7. The molecule has 3 aliphatic rings. The first-order chi connectivity index (χ1) is 25.4. The fourth-order valence-corrected chi connectivity index (χ4v) is 8.05.